The van der Waals surface area contributed by atoms with Crippen LogP contribution in [0.3, 0.4) is 0 Å². The Morgan fingerprint density at radius 3 is 2.52 bits per heavy atom. The molecule has 27 heavy (non-hydrogen) atoms. The molecule has 0 unspecified atom stereocenters. The largest absolute Gasteiger partial charge is 0.355 e. The van der Waals surface area contributed by atoms with E-state index in [1.165, 1.54) is 11.3 Å². The molecule has 1 aliphatic rings. The molecule has 0 atom stereocenters. The second-order valence-electron chi connectivity index (χ2n) is 6.01. The van der Waals surface area contributed by atoms with Crippen LogP contribution in [0.1, 0.15) is 16.8 Å². The minimum absolute atomic E-state index is 0.240. The van der Waals surface area contributed by atoms with Gasteiger partial charge in [0, 0.05) is 38.6 Å². The molecule has 138 valence electrons. The fraction of sp³-hybridized carbons (Fsp3) is 0.294. The summed E-state index contributed by atoms with van der Waals surface area (Å²) in [5.74, 6) is 1.52. The lowest BCUT2D eigenvalue weighted by molar-refractivity contribution is 0.102. The molecule has 4 heterocycles. The number of pyridine rings is 1. The Hall–Kier alpha value is -3.14. The number of carbonyl (C=O) groups is 1. The first-order valence-electron chi connectivity index (χ1n) is 8.61. The van der Waals surface area contributed by atoms with Gasteiger partial charge in [0.2, 0.25) is 5.13 Å². The molecule has 10 heteroatoms. The van der Waals surface area contributed by atoms with E-state index in [0.29, 0.717) is 10.7 Å². The molecule has 0 aliphatic carbocycles. The van der Waals surface area contributed by atoms with Crippen molar-refractivity contribution in [1.82, 2.24) is 25.4 Å². The van der Waals surface area contributed by atoms with Gasteiger partial charge in [-0.15, -0.1) is 15.3 Å². The van der Waals surface area contributed by atoms with Crippen molar-refractivity contribution in [1.29, 1.82) is 0 Å². The van der Waals surface area contributed by atoms with Crippen LogP contribution in [-0.2, 0) is 0 Å². The van der Waals surface area contributed by atoms with Gasteiger partial charge < -0.3 is 9.80 Å². The third-order valence-corrected chi connectivity index (χ3v) is 4.90. The molecule has 0 aromatic carbocycles. The Bertz CT molecular complexity index is 872. The highest BCUT2D eigenvalue weighted by Gasteiger charge is 2.18. The summed E-state index contributed by atoms with van der Waals surface area (Å²) in [6.07, 6.45) is 4.27. The molecule has 9 nitrogen and oxygen atoms in total. The van der Waals surface area contributed by atoms with Crippen molar-refractivity contribution in [3.8, 4) is 0 Å². The lowest BCUT2D eigenvalue weighted by atomic mass is 10.2. The van der Waals surface area contributed by atoms with Crippen molar-refractivity contribution >= 4 is 34.0 Å². The zero-order valence-corrected chi connectivity index (χ0v) is 15.3. The molecule has 3 aromatic rings. The van der Waals surface area contributed by atoms with Crippen molar-refractivity contribution in [2.45, 2.75) is 6.42 Å². The van der Waals surface area contributed by atoms with Gasteiger partial charge in [0.25, 0.3) is 5.91 Å². The van der Waals surface area contributed by atoms with Crippen LogP contribution in [0.25, 0.3) is 0 Å². The van der Waals surface area contributed by atoms with E-state index in [9.17, 15) is 4.79 Å². The van der Waals surface area contributed by atoms with E-state index in [1.54, 1.807) is 24.0 Å². The number of amides is 1. The predicted molar refractivity (Wildman–Crippen MR) is 103 cm³/mol. The SMILES string of the molecule is O=C(Nc1nncs1)c1ccc(N2CCCN(c3cccnn3)CC2)nc1. The van der Waals surface area contributed by atoms with Gasteiger partial charge in [-0.3, -0.25) is 10.1 Å². The molecular weight excluding hydrogens is 364 g/mol. The zero-order valence-electron chi connectivity index (χ0n) is 14.5. The summed E-state index contributed by atoms with van der Waals surface area (Å²) < 4.78 is 0. The molecule has 1 N–H and O–H groups in total. The summed E-state index contributed by atoms with van der Waals surface area (Å²) >= 11 is 1.28. The maximum absolute atomic E-state index is 12.2. The molecule has 4 rings (SSSR count). The van der Waals surface area contributed by atoms with E-state index in [4.69, 9.17) is 0 Å². The minimum atomic E-state index is -0.240. The van der Waals surface area contributed by atoms with Gasteiger partial charge in [0.05, 0.1) is 5.56 Å². The number of nitrogens with zero attached hydrogens (tertiary/aromatic N) is 7. The second kappa shape index (κ2) is 8.04. The number of hydrogen-bond donors (Lipinski definition) is 1. The minimum Gasteiger partial charge on any atom is -0.355 e. The summed E-state index contributed by atoms with van der Waals surface area (Å²) in [5.41, 5.74) is 2.06. The van der Waals surface area contributed by atoms with Crippen LogP contribution in [-0.4, -0.2) is 57.5 Å². The summed E-state index contributed by atoms with van der Waals surface area (Å²) in [6, 6.07) is 7.54. The third kappa shape index (κ3) is 4.17. The normalized spacial score (nSPS) is 14.7. The number of anilines is 3. The van der Waals surface area contributed by atoms with Crippen molar-refractivity contribution in [3.05, 3.63) is 47.7 Å². The highest BCUT2D eigenvalue weighted by molar-refractivity contribution is 7.13. The van der Waals surface area contributed by atoms with Gasteiger partial charge in [-0.1, -0.05) is 11.3 Å². The Morgan fingerprint density at radius 1 is 1.00 bits per heavy atom. The smallest absolute Gasteiger partial charge is 0.259 e. The molecule has 3 aromatic heterocycles. The quantitative estimate of drug-likeness (QED) is 0.728. The van der Waals surface area contributed by atoms with Crippen molar-refractivity contribution in [2.24, 2.45) is 0 Å². The zero-order chi connectivity index (χ0) is 18.5. The molecule has 0 spiro atoms. The summed E-state index contributed by atoms with van der Waals surface area (Å²) in [5, 5.41) is 18.8. The van der Waals surface area contributed by atoms with Crippen molar-refractivity contribution in [3.63, 3.8) is 0 Å². The average molecular weight is 382 g/mol. The summed E-state index contributed by atoms with van der Waals surface area (Å²) in [6.45, 7) is 3.51. The van der Waals surface area contributed by atoms with Gasteiger partial charge >= 0.3 is 0 Å². The van der Waals surface area contributed by atoms with Crippen LogP contribution in [0.5, 0.6) is 0 Å². The Labute approximate surface area is 160 Å². The molecule has 0 saturated carbocycles. The summed E-state index contributed by atoms with van der Waals surface area (Å²) in [7, 11) is 0. The molecule has 1 fully saturated rings. The fourth-order valence-corrected chi connectivity index (χ4v) is 3.38. The Balaban J connectivity index is 1.39. The van der Waals surface area contributed by atoms with Crippen LogP contribution in [0.4, 0.5) is 16.8 Å². The van der Waals surface area contributed by atoms with Crippen LogP contribution < -0.4 is 15.1 Å². The monoisotopic (exact) mass is 382 g/mol. The lowest BCUT2D eigenvalue weighted by Crippen LogP contribution is -2.31. The first kappa shape index (κ1) is 17.3. The first-order chi connectivity index (χ1) is 13.3. The lowest BCUT2D eigenvalue weighted by Gasteiger charge is -2.23. The number of aromatic nitrogens is 5. The van der Waals surface area contributed by atoms with Gasteiger partial charge in [0.1, 0.15) is 11.3 Å². The Morgan fingerprint density at radius 2 is 1.85 bits per heavy atom. The number of nitrogens with one attached hydrogen (secondary N) is 1. The second-order valence-corrected chi connectivity index (χ2v) is 6.85. The van der Waals surface area contributed by atoms with Gasteiger partial charge in [-0.05, 0) is 30.7 Å². The standard InChI is InChI=1S/C17H18N8OS/c26-16(21-17-23-20-12-27-17)13-4-5-14(18-11-13)24-7-2-8-25(10-9-24)15-3-1-6-19-22-15/h1,3-6,11-12H,2,7-10H2,(H,21,23,26). The fourth-order valence-electron chi connectivity index (χ4n) is 2.94. The van der Waals surface area contributed by atoms with E-state index in [-0.39, 0.29) is 5.91 Å². The van der Waals surface area contributed by atoms with Crippen molar-refractivity contribution in [2.75, 3.05) is 41.3 Å². The molecular formula is C17H18N8OS. The highest BCUT2D eigenvalue weighted by atomic mass is 32.1. The molecule has 1 aliphatic heterocycles. The molecule has 0 bridgehead atoms. The maximum Gasteiger partial charge on any atom is 0.259 e. The summed E-state index contributed by atoms with van der Waals surface area (Å²) in [4.78, 5) is 21.1. The van der Waals surface area contributed by atoms with E-state index in [2.05, 4.69) is 40.5 Å². The van der Waals surface area contributed by atoms with E-state index < -0.39 is 0 Å². The average Bonchev–Trinajstić information content (AvgIpc) is 3.10. The van der Waals surface area contributed by atoms with E-state index >= 15 is 0 Å². The highest BCUT2D eigenvalue weighted by Crippen LogP contribution is 2.18. The first-order valence-corrected chi connectivity index (χ1v) is 9.49. The van der Waals surface area contributed by atoms with Gasteiger partial charge in [-0.2, -0.15) is 5.10 Å². The maximum atomic E-state index is 12.2. The van der Waals surface area contributed by atoms with Crippen LogP contribution in [0, 0.1) is 0 Å². The number of hydrogen-bond acceptors (Lipinski definition) is 9. The van der Waals surface area contributed by atoms with Crippen molar-refractivity contribution < 1.29 is 4.79 Å². The number of carbonyl (C=O) groups excluding carboxylic acids is 1. The van der Waals surface area contributed by atoms with Crippen LogP contribution >= 0.6 is 11.3 Å². The van der Waals surface area contributed by atoms with Gasteiger partial charge in [-0.25, -0.2) is 4.98 Å². The van der Waals surface area contributed by atoms with E-state index in [0.717, 1.165) is 44.2 Å². The number of rotatable bonds is 4. The van der Waals surface area contributed by atoms with Gasteiger partial charge in [0.15, 0.2) is 5.82 Å². The van der Waals surface area contributed by atoms with Crippen LogP contribution in [0.2, 0.25) is 0 Å². The molecule has 0 radical (unpaired) electrons. The van der Waals surface area contributed by atoms with Crippen LogP contribution in [0.15, 0.2) is 42.2 Å². The predicted octanol–water partition coefficient (Wildman–Crippen LogP) is 1.69. The molecule has 1 amide bonds. The van der Waals surface area contributed by atoms with E-state index in [1.807, 2.05) is 18.2 Å². The Kier molecular flexibility index (Phi) is 5.15. The molecule has 1 saturated heterocycles. The third-order valence-electron chi connectivity index (χ3n) is 4.29. The topological polar surface area (TPSA) is 100 Å².